The van der Waals surface area contributed by atoms with Crippen LogP contribution in [0.3, 0.4) is 0 Å². The number of hydrogen-bond donors (Lipinski definition) is 1. The summed E-state index contributed by atoms with van der Waals surface area (Å²) in [5.74, 6) is 0.373. The number of nitrogens with zero attached hydrogens (tertiary/aromatic N) is 1. The van der Waals surface area contributed by atoms with Gasteiger partial charge in [-0.15, -0.1) is 0 Å². The van der Waals surface area contributed by atoms with Gasteiger partial charge < -0.3 is 0 Å². The molecule has 3 heteroatoms. The van der Waals surface area contributed by atoms with Gasteiger partial charge in [-0.25, -0.2) is 0 Å². The average molecular weight is 300 g/mol. The summed E-state index contributed by atoms with van der Waals surface area (Å²) in [6, 6.07) is 15.9. The normalized spacial score (nSPS) is 10.7. The monoisotopic (exact) mass is 301 g/mol. The van der Waals surface area contributed by atoms with Gasteiger partial charge in [-0.2, -0.15) is 0 Å². The van der Waals surface area contributed by atoms with Gasteiger partial charge >= 0.3 is 111 Å². The van der Waals surface area contributed by atoms with E-state index < -0.39 is 0 Å². The number of rotatable bonds is 2. The van der Waals surface area contributed by atoms with Crippen LogP contribution in [0.5, 0.6) is 5.75 Å². The number of aromatic hydroxyl groups is 1. The first-order valence-corrected chi connectivity index (χ1v) is 7.34. The zero-order valence-corrected chi connectivity index (χ0v) is 11.3. The Balaban J connectivity index is 2.13. The van der Waals surface area contributed by atoms with E-state index in [2.05, 4.69) is 17.1 Å². The van der Waals surface area contributed by atoms with Crippen LogP contribution in [0.1, 0.15) is 0 Å². The minimum absolute atomic E-state index is 0.103. The molecule has 3 aromatic rings. The minimum atomic E-state index is 0.103. The van der Waals surface area contributed by atoms with Crippen molar-refractivity contribution < 1.29 is 5.11 Å². The first-order valence-electron chi connectivity index (χ1n) is 5.63. The zero-order valence-electron chi connectivity index (χ0n) is 9.58. The van der Waals surface area contributed by atoms with Gasteiger partial charge in [0.1, 0.15) is 0 Å². The van der Waals surface area contributed by atoms with Crippen LogP contribution in [0.15, 0.2) is 60.9 Å². The summed E-state index contributed by atoms with van der Waals surface area (Å²) in [6.45, 7) is 0. The van der Waals surface area contributed by atoms with Crippen LogP contribution in [0.2, 0.25) is 0 Å². The molecule has 1 aromatic heterocycles. The third-order valence-corrected chi connectivity index (χ3v) is 5.11. The molecule has 1 N–H and O–H groups in total. The molecule has 0 spiro atoms. The Hall–Kier alpha value is -1.83. The molecule has 0 aliphatic rings. The predicted molar refractivity (Wildman–Crippen MR) is 74.9 cm³/mol. The quantitative estimate of drug-likeness (QED) is 0.729. The molecule has 0 saturated heterocycles. The summed E-state index contributed by atoms with van der Waals surface area (Å²) < 4.78 is 2.28. The number of fused-ring (bicyclic) bond motifs is 1. The predicted octanol–water partition coefficient (Wildman–Crippen LogP) is 1.60. The van der Waals surface area contributed by atoms with Gasteiger partial charge in [0.15, 0.2) is 0 Å². The average Bonchev–Trinajstić information content (AvgIpc) is 2.43. The summed E-state index contributed by atoms with van der Waals surface area (Å²) in [4.78, 5) is 4.12. The van der Waals surface area contributed by atoms with Crippen molar-refractivity contribution in [2.45, 2.75) is 0 Å². The molecular weight excluding hydrogens is 289 g/mol. The third-order valence-electron chi connectivity index (χ3n) is 2.71. The van der Waals surface area contributed by atoms with Crippen molar-refractivity contribution in [1.82, 2.24) is 4.98 Å². The fraction of sp³-hybridized carbons (Fsp3) is 0. The topological polar surface area (TPSA) is 33.1 Å². The molecule has 0 radical (unpaired) electrons. The first-order chi connectivity index (χ1) is 8.84. The van der Waals surface area contributed by atoms with Crippen LogP contribution in [-0.4, -0.2) is 25.0 Å². The van der Waals surface area contributed by atoms with Crippen molar-refractivity contribution in [3.63, 3.8) is 0 Å². The van der Waals surface area contributed by atoms with E-state index in [0.29, 0.717) is 5.75 Å². The van der Waals surface area contributed by atoms with Crippen molar-refractivity contribution in [3.8, 4) is 5.75 Å². The van der Waals surface area contributed by atoms with Crippen molar-refractivity contribution >= 4 is 34.7 Å². The molecule has 0 fully saturated rings. The third kappa shape index (κ3) is 2.10. The van der Waals surface area contributed by atoms with Crippen LogP contribution < -0.4 is 8.92 Å². The zero-order chi connectivity index (χ0) is 12.4. The Kier molecular flexibility index (Phi) is 3.01. The van der Waals surface area contributed by atoms with E-state index in [1.165, 1.54) is 4.46 Å². The molecule has 0 bridgehead atoms. The molecule has 3 rings (SSSR count). The van der Waals surface area contributed by atoms with Gasteiger partial charge in [-0.1, -0.05) is 0 Å². The fourth-order valence-electron chi connectivity index (χ4n) is 1.84. The second-order valence-corrected chi connectivity index (χ2v) is 6.20. The van der Waals surface area contributed by atoms with E-state index in [1.807, 2.05) is 36.5 Å². The van der Waals surface area contributed by atoms with E-state index in [4.69, 9.17) is 0 Å². The van der Waals surface area contributed by atoms with Gasteiger partial charge in [0.05, 0.1) is 0 Å². The molecule has 0 atom stereocenters. The van der Waals surface area contributed by atoms with Crippen LogP contribution in [0, 0.1) is 0 Å². The summed E-state index contributed by atoms with van der Waals surface area (Å²) in [7, 11) is 0. The molecule has 2 aromatic carbocycles. The van der Waals surface area contributed by atoms with Gasteiger partial charge in [-0.05, 0) is 0 Å². The van der Waals surface area contributed by atoms with Crippen LogP contribution in [-0.2, 0) is 0 Å². The molecule has 0 aliphatic carbocycles. The second-order valence-electron chi connectivity index (χ2n) is 3.93. The Bertz CT molecular complexity index is 682. The Morgan fingerprint density at radius 2 is 1.78 bits per heavy atom. The van der Waals surface area contributed by atoms with E-state index in [1.54, 1.807) is 12.3 Å². The summed E-state index contributed by atoms with van der Waals surface area (Å²) in [5.41, 5.74) is 0. The molecule has 0 unspecified atom stereocenters. The van der Waals surface area contributed by atoms with E-state index >= 15 is 0 Å². The first kappa shape index (κ1) is 11.3. The van der Waals surface area contributed by atoms with Crippen LogP contribution in [0.4, 0.5) is 0 Å². The number of phenols is 1. The van der Waals surface area contributed by atoms with E-state index in [9.17, 15) is 5.11 Å². The molecule has 0 aliphatic heterocycles. The molecule has 18 heavy (non-hydrogen) atoms. The maximum absolute atomic E-state index is 10.1. The molecule has 2 nitrogen and oxygen atoms in total. The Labute approximate surface area is 111 Å². The van der Waals surface area contributed by atoms with E-state index in [-0.39, 0.29) is 15.0 Å². The van der Waals surface area contributed by atoms with Crippen molar-refractivity contribution in [2.24, 2.45) is 0 Å². The number of aromatic nitrogens is 1. The van der Waals surface area contributed by atoms with Crippen LogP contribution in [0.25, 0.3) is 10.8 Å². The van der Waals surface area contributed by atoms with Crippen molar-refractivity contribution in [2.75, 3.05) is 0 Å². The van der Waals surface area contributed by atoms with Gasteiger partial charge in [0, 0.05) is 0 Å². The number of hydrogen-bond acceptors (Lipinski definition) is 2. The fourth-order valence-corrected chi connectivity index (χ4v) is 3.93. The number of phenolic OH excluding ortho intramolecular Hbond substituents is 1. The van der Waals surface area contributed by atoms with Crippen LogP contribution >= 0.6 is 0 Å². The molecule has 0 amide bonds. The molecular formula is C15H11NOSe. The number of benzene rings is 2. The standard InChI is InChI=1S/C15H11NOSe/c17-14-7-6-11-10-16-9-8-13(11)15(14)18-12-4-2-1-3-5-12/h1-10,17H. The van der Waals surface area contributed by atoms with Gasteiger partial charge in [0.25, 0.3) is 0 Å². The summed E-state index contributed by atoms with van der Waals surface area (Å²) in [5, 5.41) is 12.2. The summed E-state index contributed by atoms with van der Waals surface area (Å²) >= 11 is 0.103. The molecule has 1 heterocycles. The second kappa shape index (κ2) is 4.81. The van der Waals surface area contributed by atoms with Crippen molar-refractivity contribution in [3.05, 3.63) is 60.9 Å². The van der Waals surface area contributed by atoms with Gasteiger partial charge in [-0.3, -0.25) is 0 Å². The van der Waals surface area contributed by atoms with Gasteiger partial charge in [0.2, 0.25) is 0 Å². The maximum atomic E-state index is 10.1. The molecule has 0 saturated carbocycles. The number of pyridine rings is 1. The summed E-state index contributed by atoms with van der Waals surface area (Å²) in [6.07, 6.45) is 3.60. The Morgan fingerprint density at radius 3 is 2.61 bits per heavy atom. The Morgan fingerprint density at radius 1 is 0.944 bits per heavy atom. The molecule has 88 valence electrons. The van der Waals surface area contributed by atoms with Crippen molar-refractivity contribution in [1.29, 1.82) is 0 Å². The van der Waals surface area contributed by atoms with E-state index in [0.717, 1.165) is 15.2 Å². The SMILES string of the molecule is Oc1ccc2cnccc2c1[Se]c1ccccc1.